The summed E-state index contributed by atoms with van der Waals surface area (Å²) in [7, 11) is 0. The van der Waals surface area contributed by atoms with Gasteiger partial charge < -0.3 is 20.1 Å². The molecular formula is C23H15BrClFN2O4. The third-order valence-corrected chi connectivity index (χ3v) is 5.48. The van der Waals surface area contributed by atoms with Gasteiger partial charge in [-0.25, -0.2) is 4.39 Å². The fourth-order valence-corrected chi connectivity index (χ4v) is 3.58. The highest BCUT2D eigenvalue weighted by Gasteiger charge is 2.18. The maximum atomic E-state index is 13.4. The number of rotatable bonds is 5. The van der Waals surface area contributed by atoms with Crippen molar-refractivity contribution in [1.82, 2.24) is 5.32 Å². The van der Waals surface area contributed by atoms with E-state index in [1.54, 1.807) is 42.5 Å². The molecule has 1 aliphatic heterocycles. The van der Waals surface area contributed by atoms with Crippen LogP contribution in [0.4, 0.5) is 10.1 Å². The minimum atomic E-state index is -0.620. The van der Waals surface area contributed by atoms with Crippen molar-refractivity contribution in [3.05, 3.63) is 92.8 Å². The number of anilines is 1. The highest BCUT2D eigenvalue weighted by molar-refractivity contribution is 9.10. The minimum Gasteiger partial charge on any atom is -0.454 e. The van der Waals surface area contributed by atoms with Gasteiger partial charge in [0.05, 0.1) is 10.6 Å². The summed E-state index contributed by atoms with van der Waals surface area (Å²) in [6.07, 6.45) is 1.50. The van der Waals surface area contributed by atoms with Gasteiger partial charge in [0.2, 0.25) is 6.79 Å². The molecule has 9 heteroatoms. The van der Waals surface area contributed by atoms with Gasteiger partial charge in [0, 0.05) is 10.2 Å². The molecule has 6 nitrogen and oxygen atoms in total. The Morgan fingerprint density at radius 3 is 2.59 bits per heavy atom. The zero-order valence-electron chi connectivity index (χ0n) is 16.3. The van der Waals surface area contributed by atoms with E-state index in [0.29, 0.717) is 27.1 Å². The number of benzene rings is 3. The normalized spacial score (nSPS) is 12.4. The van der Waals surface area contributed by atoms with E-state index in [4.69, 9.17) is 21.1 Å². The van der Waals surface area contributed by atoms with Crippen molar-refractivity contribution in [2.24, 2.45) is 0 Å². The lowest BCUT2D eigenvalue weighted by Crippen LogP contribution is -2.31. The fraction of sp³-hybridized carbons (Fsp3) is 0.0435. The number of ether oxygens (including phenoxy) is 2. The lowest BCUT2D eigenvalue weighted by molar-refractivity contribution is -0.113. The van der Waals surface area contributed by atoms with E-state index in [0.717, 1.165) is 6.07 Å². The third-order valence-electron chi connectivity index (χ3n) is 4.50. The van der Waals surface area contributed by atoms with Gasteiger partial charge >= 0.3 is 0 Å². The molecule has 32 heavy (non-hydrogen) atoms. The second-order valence-corrected chi connectivity index (χ2v) is 7.95. The summed E-state index contributed by atoms with van der Waals surface area (Å²) in [5, 5.41) is 5.11. The lowest BCUT2D eigenvalue weighted by atomic mass is 10.1. The Kier molecular flexibility index (Phi) is 6.43. The first-order valence-corrected chi connectivity index (χ1v) is 10.5. The van der Waals surface area contributed by atoms with Crippen LogP contribution in [0.2, 0.25) is 5.02 Å². The van der Waals surface area contributed by atoms with Crippen LogP contribution in [-0.4, -0.2) is 18.6 Å². The van der Waals surface area contributed by atoms with Gasteiger partial charge in [0.25, 0.3) is 11.8 Å². The van der Waals surface area contributed by atoms with Crippen LogP contribution in [0.25, 0.3) is 6.08 Å². The molecule has 0 aliphatic carbocycles. The smallest absolute Gasteiger partial charge is 0.272 e. The molecule has 1 heterocycles. The van der Waals surface area contributed by atoms with Gasteiger partial charge in [-0.2, -0.15) is 0 Å². The Morgan fingerprint density at radius 1 is 1.03 bits per heavy atom. The predicted octanol–water partition coefficient (Wildman–Crippen LogP) is 5.38. The second kappa shape index (κ2) is 9.42. The molecule has 4 rings (SSSR count). The number of carbonyl (C=O) groups excluding carboxylic acids is 2. The topological polar surface area (TPSA) is 76.7 Å². The Balaban J connectivity index is 1.65. The van der Waals surface area contributed by atoms with Crippen LogP contribution in [0.1, 0.15) is 15.9 Å². The largest absolute Gasteiger partial charge is 0.454 e. The van der Waals surface area contributed by atoms with Crippen molar-refractivity contribution in [3.8, 4) is 11.5 Å². The molecule has 0 fully saturated rings. The molecule has 0 unspecified atom stereocenters. The van der Waals surface area contributed by atoms with E-state index < -0.39 is 17.6 Å². The van der Waals surface area contributed by atoms with Gasteiger partial charge in [-0.1, -0.05) is 29.8 Å². The van der Waals surface area contributed by atoms with Crippen LogP contribution in [0.15, 0.2) is 70.8 Å². The standard InChI is InChI=1S/C23H15BrClFN2O4/c24-16-4-2-1-3-15(16)22(29)28-19(9-13-5-8-20-21(10-13)32-12-31-20)23(30)27-14-6-7-18(26)17(25)11-14/h1-11H,12H2,(H,27,30)(H,28,29)/b19-9+. The Morgan fingerprint density at radius 2 is 1.81 bits per heavy atom. The quantitative estimate of drug-likeness (QED) is 0.446. The Hall–Kier alpha value is -3.36. The van der Waals surface area contributed by atoms with Crippen LogP contribution in [0.3, 0.4) is 0 Å². The molecule has 0 radical (unpaired) electrons. The van der Waals surface area contributed by atoms with Crippen molar-refractivity contribution >= 4 is 51.1 Å². The maximum Gasteiger partial charge on any atom is 0.272 e. The molecule has 0 saturated carbocycles. The molecule has 0 bridgehead atoms. The van der Waals surface area contributed by atoms with Crippen LogP contribution < -0.4 is 20.1 Å². The average molecular weight is 518 g/mol. The number of halogens is 3. The molecular weight excluding hydrogens is 503 g/mol. The first-order valence-electron chi connectivity index (χ1n) is 9.34. The highest BCUT2D eigenvalue weighted by atomic mass is 79.9. The summed E-state index contributed by atoms with van der Waals surface area (Å²) in [5.41, 5.74) is 1.18. The first-order chi connectivity index (χ1) is 15.4. The molecule has 162 valence electrons. The molecule has 0 atom stereocenters. The monoisotopic (exact) mass is 516 g/mol. The number of hydrogen-bond donors (Lipinski definition) is 2. The fourth-order valence-electron chi connectivity index (χ4n) is 2.94. The van der Waals surface area contributed by atoms with Crippen molar-refractivity contribution in [2.45, 2.75) is 0 Å². The van der Waals surface area contributed by atoms with Gasteiger partial charge in [0.15, 0.2) is 11.5 Å². The zero-order valence-corrected chi connectivity index (χ0v) is 18.7. The molecule has 0 spiro atoms. The van der Waals surface area contributed by atoms with Gasteiger partial charge in [-0.15, -0.1) is 0 Å². The maximum absolute atomic E-state index is 13.4. The summed E-state index contributed by atoms with van der Waals surface area (Å²) >= 11 is 9.13. The van der Waals surface area contributed by atoms with E-state index in [9.17, 15) is 14.0 Å². The highest BCUT2D eigenvalue weighted by Crippen LogP contribution is 2.33. The van der Waals surface area contributed by atoms with Crippen molar-refractivity contribution in [1.29, 1.82) is 0 Å². The second-order valence-electron chi connectivity index (χ2n) is 6.69. The van der Waals surface area contributed by atoms with Gasteiger partial charge in [0.1, 0.15) is 11.5 Å². The summed E-state index contributed by atoms with van der Waals surface area (Å²) < 4.78 is 24.7. The molecule has 0 aromatic heterocycles. The number of fused-ring (bicyclic) bond motifs is 1. The summed E-state index contributed by atoms with van der Waals surface area (Å²) in [6.45, 7) is 0.111. The van der Waals surface area contributed by atoms with Crippen LogP contribution >= 0.6 is 27.5 Å². The van der Waals surface area contributed by atoms with E-state index in [1.165, 1.54) is 18.2 Å². The molecule has 0 saturated heterocycles. The van der Waals surface area contributed by atoms with Crippen LogP contribution in [0, 0.1) is 5.82 Å². The SMILES string of the molecule is O=C(Nc1ccc(F)c(Cl)c1)/C(=C\c1ccc2c(c1)OCO2)NC(=O)c1ccccc1Br. The summed E-state index contributed by atoms with van der Waals surface area (Å²) in [5.74, 6) is -0.599. The number of nitrogens with one attached hydrogen (secondary N) is 2. The Bertz CT molecular complexity index is 1250. The van der Waals surface area contributed by atoms with E-state index in [-0.39, 0.29) is 23.2 Å². The minimum absolute atomic E-state index is 0.0370. The number of amides is 2. The molecule has 1 aliphatic rings. The Labute approximate surface area is 196 Å². The van der Waals surface area contributed by atoms with Gasteiger partial charge in [-0.05, 0) is 70.0 Å². The summed E-state index contributed by atoms with van der Waals surface area (Å²) in [4.78, 5) is 25.8. The predicted molar refractivity (Wildman–Crippen MR) is 122 cm³/mol. The van der Waals surface area contributed by atoms with Crippen molar-refractivity contribution < 1.29 is 23.5 Å². The first kappa shape index (κ1) is 21.9. The molecule has 2 N–H and O–H groups in total. The average Bonchev–Trinajstić information content (AvgIpc) is 3.24. The summed E-state index contributed by atoms with van der Waals surface area (Å²) in [6, 6.07) is 15.7. The van der Waals surface area contributed by atoms with Gasteiger partial charge in [-0.3, -0.25) is 9.59 Å². The van der Waals surface area contributed by atoms with Crippen molar-refractivity contribution in [2.75, 3.05) is 12.1 Å². The zero-order chi connectivity index (χ0) is 22.7. The molecule has 3 aromatic carbocycles. The third kappa shape index (κ3) is 4.92. The van der Waals surface area contributed by atoms with Crippen LogP contribution in [-0.2, 0) is 4.79 Å². The lowest BCUT2D eigenvalue weighted by Gasteiger charge is -2.12. The van der Waals surface area contributed by atoms with E-state index in [1.807, 2.05) is 0 Å². The van der Waals surface area contributed by atoms with Crippen molar-refractivity contribution in [3.63, 3.8) is 0 Å². The number of hydrogen-bond acceptors (Lipinski definition) is 4. The van der Waals surface area contributed by atoms with E-state index in [2.05, 4.69) is 26.6 Å². The molecule has 3 aromatic rings. The molecule has 2 amide bonds. The van der Waals surface area contributed by atoms with E-state index >= 15 is 0 Å². The number of carbonyl (C=O) groups is 2. The van der Waals surface area contributed by atoms with Crippen LogP contribution in [0.5, 0.6) is 11.5 Å².